The van der Waals surface area contributed by atoms with Crippen molar-refractivity contribution in [3.05, 3.63) is 47.0 Å². The zero-order valence-corrected chi connectivity index (χ0v) is 18.8. The topological polar surface area (TPSA) is 108 Å². The molecule has 1 aliphatic rings. The zero-order valence-electron chi connectivity index (χ0n) is 18.8. The molecule has 2 aromatic rings. The number of hydrogen-bond acceptors (Lipinski definition) is 7. The molecule has 0 spiro atoms. The first-order valence-electron chi connectivity index (χ1n) is 10.9. The summed E-state index contributed by atoms with van der Waals surface area (Å²) in [5, 5.41) is 31.0. The third-order valence-electron chi connectivity index (χ3n) is 6.21. The van der Waals surface area contributed by atoms with E-state index in [4.69, 9.17) is 14.4 Å². The van der Waals surface area contributed by atoms with E-state index in [1.807, 2.05) is 0 Å². The SMILES string of the molecule is COCCNCC1C=C(C)C(Cc2nnc(-c3ccc([NH+]([O-])O)cc3)o2)CC1C(C)C. The van der Waals surface area contributed by atoms with Crippen molar-refractivity contribution in [2.75, 3.05) is 26.8 Å². The van der Waals surface area contributed by atoms with E-state index in [1.54, 1.807) is 31.4 Å². The number of hydrogen-bond donors (Lipinski definition) is 3. The lowest BCUT2D eigenvalue weighted by Gasteiger charge is -2.37. The smallest absolute Gasteiger partial charge is 0.247 e. The van der Waals surface area contributed by atoms with Gasteiger partial charge in [0, 0.05) is 44.3 Å². The second kappa shape index (κ2) is 11.0. The molecule has 4 unspecified atom stereocenters. The van der Waals surface area contributed by atoms with Crippen LogP contribution < -0.4 is 10.5 Å². The van der Waals surface area contributed by atoms with Crippen molar-refractivity contribution in [1.29, 1.82) is 0 Å². The molecule has 8 nitrogen and oxygen atoms in total. The van der Waals surface area contributed by atoms with Gasteiger partial charge in [0.2, 0.25) is 11.8 Å². The molecule has 4 atom stereocenters. The summed E-state index contributed by atoms with van der Waals surface area (Å²) < 4.78 is 11.0. The quantitative estimate of drug-likeness (QED) is 0.302. The van der Waals surface area contributed by atoms with Gasteiger partial charge in [0.25, 0.3) is 0 Å². The number of quaternary nitrogens is 1. The molecule has 0 radical (unpaired) electrons. The van der Waals surface area contributed by atoms with Gasteiger partial charge in [-0.15, -0.1) is 10.2 Å². The van der Waals surface area contributed by atoms with Crippen LogP contribution in [-0.2, 0) is 11.2 Å². The number of nitrogens with zero attached hydrogens (tertiary/aromatic N) is 2. The molecule has 1 heterocycles. The molecule has 0 amide bonds. The Balaban J connectivity index is 1.66. The van der Waals surface area contributed by atoms with Gasteiger partial charge in [0.15, 0.2) is 5.69 Å². The average Bonchev–Trinajstić information content (AvgIpc) is 3.21. The summed E-state index contributed by atoms with van der Waals surface area (Å²) in [6.07, 6.45) is 4.23. The lowest BCUT2D eigenvalue weighted by molar-refractivity contribution is -0.991. The molecule has 0 saturated heterocycles. The third kappa shape index (κ3) is 6.21. The molecule has 1 aliphatic carbocycles. The van der Waals surface area contributed by atoms with Gasteiger partial charge in [-0.05, 0) is 49.1 Å². The highest BCUT2D eigenvalue weighted by Gasteiger charge is 2.32. The van der Waals surface area contributed by atoms with Crippen LogP contribution in [0.5, 0.6) is 0 Å². The number of benzene rings is 1. The molecule has 0 bridgehead atoms. The maximum atomic E-state index is 11.0. The van der Waals surface area contributed by atoms with Crippen molar-refractivity contribution in [1.82, 2.24) is 15.5 Å². The summed E-state index contributed by atoms with van der Waals surface area (Å²) in [6, 6.07) is 6.48. The largest absolute Gasteiger partial charge is 0.595 e. The Kier molecular flexibility index (Phi) is 8.34. The van der Waals surface area contributed by atoms with Crippen LogP contribution in [0.3, 0.4) is 0 Å². The Morgan fingerprint density at radius 1 is 1.29 bits per heavy atom. The molecule has 1 aromatic carbocycles. The fourth-order valence-electron chi connectivity index (χ4n) is 4.37. The number of aromatic nitrogens is 2. The van der Waals surface area contributed by atoms with Crippen LogP contribution in [0.4, 0.5) is 5.69 Å². The van der Waals surface area contributed by atoms with Gasteiger partial charge in [-0.2, -0.15) is 5.23 Å². The predicted octanol–water partition coefficient (Wildman–Crippen LogP) is 2.77. The highest BCUT2D eigenvalue weighted by atomic mass is 16.8. The maximum absolute atomic E-state index is 11.0. The average molecular weight is 431 g/mol. The van der Waals surface area contributed by atoms with Gasteiger partial charge in [-0.3, -0.25) is 0 Å². The van der Waals surface area contributed by atoms with Crippen LogP contribution in [0.2, 0.25) is 0 Å². The van der Waals surface area contributed by atoms with Gasteiger partial charge in [0.05, 0.1) is 6.61 Å². The number of allylic oxidation sites excluding steroid dienone is 1. The van der Waals surface area contributed by atoms with Crippen molar-refractivity contribution < 1.29 is 19.6 Å². The molecular formula is C23H34N4O4. The second-order valence-electron chi connectivity index (χ2n) is 8.70. The Hall–Kier alpha value is -2.10. The van der Waals surface area contributed by atoms with Gasteiger partial charge < -0.3 is 19.7 Å². The van der Waals surface area contributed by atoms with E-state index >= 15 is 0 Å². The molecular weight excluding hydrogens is 396 g/mol. The molecule has 0 fully saturated rings. The molecule has 3 rings (SSSR count). The van der Waals surface area contributed by atoms with Crippen molar-refractivity contribution in [2.24, 2.45) is 23.7 Å². The van der Waals surface area contributed by atoms with E-state index in [0.29, 0.717) is 35.5 Å². The number of methoxy groups -OCH3 is 1. The van der Waals surface area contributed by atoms with Crippen LogP contribution in [-0.4, -0.2) is 42.2 Å². The summed E-state index contributed by atoms with van der Waals surface area (Å²) in [5.74, 6) is 3.12. The molecule has 31 heavy (non-hydrogen) atoms. The molecule has 170 valence electrons. The molecule has 0 saturated carbocycles. The molecule has 3 N–H and O–H groups in total. The first-order valence-corrected chi connectivity index (χ1v) is 10.9. The summed E-state index contributed by atoms with van der Waals surface area (Å²) >= 11 is 0. The van der Waals surface area contributed by atoms with Crippen LogP contribution >= 0.6 is 0 Å². The summed E-state index contributed by atoms with van der Waals surface area (Å²) in [6.45, 7) is 9.35. The van der Waals surface area contributed by atoms with E-state index in [-0.39, 0.29) is 5.69 Å². The maximum Gasteiger partial charge on any atom is 0.247 e. The van der Waals surface area contributed by atoms with E-state index in [0.717, 1.165) is 38.1 Å². The second-order valence-corrected chi connectivity index (χ2v) is 8.70. The summed E-state index contributed by atoms with van der Waals surface area (Å²) in [5.41, 5.74) is 2.33. The highest BCUT2D eigenvalue weighted by molar-refractivity contribution is 5.55. The Morgan fingerprint density at radius 2 is 2.03 bits per heavy atom. The first-order chi connectivity index (χ1) is 14.9. The van der Waals surface area contributed by atoms with Gasteiger partial charge in [-0.1, -0.05) is 25.5 Å². The zero-order chi connectivity index (χ0) is 22.4. The Bertz CT molecular complexity index is 848. The Morgan fingerprint density at radius 3 is 2.68 bits per heavy atom. The van der Waals surface area contributed by atoms with Gasteiger partial charge in [0.1, 0.15) is 0 Å². The lowest BCUT2D eigenvalue weighted by atomic mass is 9.70. The van der Waals surface area contributed by atoms with E-state index in [2.05, 4.69) is 42.4 Å². The van der Waals surface area contributed by atoms with Crippen LogP contribution in [0.1, 0.15) is 33.1 Å². The van der Waals surface area contributed by atoms with Crippen molar-refractivity contribution in [2.45, 2.75) is 33.6 Å². The predicted molar refractivity (Wildman–Crippen MR) is 118 cm³/mol. The first kappa shape index (κ1) is 23.6. The molecule has 8 heteroatoms. The fraction of sp³-hybridized carbons (Fsp3) is 0.565. The number of nitrogens with one attached hydrogen (secondary N) is 2. The minimum absolute atomic E-state index is 0.234. The Labute approximate surface area is 183 Å². The van der Waals surface area contributed by atoms with E-state index < -0.39 is 5.23 Å². The van der Waals surface area contributed by atoms with E-state index in [1.165, 1.54) is 5.57 Å². The monoisotopic (exact) mass is 430 g/mol. The van der Waals surface area contributed by atoms with Crippen molar-refractivity contribution >= 4 is 5.69 Å². The minimum atomic E-state index is -0.954. The van der Waals surface area contributed by atoms with Gasteiger partial charge >= 0.3 is 0 Å². The summed E-state index contributed by atoms with van der Waals surface area (Å²) in [4.78, 5) is 0. The number of rotatable bonds is 10. The normalized spacial score (nSPS) is 22.5. The van der Waals surface area contributed by atoms with Crippen LogP contribution in [0.25, 0.3) is 11.5 Å². The number of ether oxygens (including phenoxy) is 1. The molecule has 0 aliphatic heterocycles. The molecule has 1 aromatic heterocycles. The van der Waals surface area contributed by atoms with Crippen molar-refractivity contribution in [3.63, 3.8) is 0 Å². The van der Waals surface area contributed by atoms with Gasteiger partial charge in [-0.25, -0.2) is 5.21 Å². The standard InChI is InChI=1S/C23H34N4O4/c1-15(2)21-12-18(16(3)11-19(21)14-24-9-10-30-4)13-22-25-26-23(31-22)17-5-7-20(8-6-17)27(28)29/h5-8,11,15,18-19,21,24,27-28H,9-10,12-14H2,1-4H3. The van der Waals surface area contributed by atoms with Crippen LogP contribution in [0.15, 0.2) is 40.3 Å². The van der Waals surface area contributed by atoms with Crippen molar-refractivity contribution in [3.8, 4) is 11.5 Å². The summed E-state index contributed by atoms with van der Waals surface area (Å²) in [7, 11) is 1.72. The lowest BCUT2D eigenvalue weighted by Crippen LogP contribution is -2.99. The van der Waals surface area contributed by atoms with Crippen LogP contribution in [0, 0.1) is 28.9 Å². The minimum Gasteiger partial charge on any atom is -0.595 e. The third-order valence-corrected chi connectivity index (χ3v) is 6.21. The highest BCUT2D eigenvalue weighted by Crippen LogP contribution is 2.38. The fourth-order valence-corrected chi connectivity index (χ4v) is 4.37. The van der Waals surface area contributed by atoms with E-state index in [9.17, 15) is 5.21 Å².